The maximum absolute atomic E-state index is 13.7. The molecular formula is C17H18FNO2. The maximum Gasteiger partial charge on any atom is 0.305 e. The summed E-state index contributed by atoms with van der Waals surface area (Å²) in [5, 5.41) is 9.11. The van der Waals surface area contributed by atoms with Crippen LogP contribution in [-0.4, -0.2) is 23.0 Å². The van der Waals surface area contributed by atoms with E-state index < -0.39 is 5.97 Å². The second-order valence-corrected chi connectivity index (χ2v) is 5.03. The van der Waals surface area contributed by atoms with Crippen molar-refractivity contribution in [3.63, 3.8) is 0 Å². The number of carboxylic acids is 1. The number of nitrogens with zero attached hydrogens (tertiary/aromatic N) is 1. The molecule has 1 unspecified atom stereocenters. The van der Waals surface area contributed by atoms with Crippen LogP contribution in [0.2, 0.25) is 0 Å². The van der Waals surface area contributed by atoms with Crippen molar-refractivity contribution in [2.45, 2.75) is 19.0 Å². The van der Waals surface area contributed by atoms with E-state index >= 15 is 0 Å². The first-order valence-corrected chi connectivity index (χ1v) is 6.78. The van der Waals surface area contributed by atoms with Crippen molar-refractivity contribution in [2.75, 3.05) is 7.05 Å². The summed E-state index contributed by atoms with van der Waals surface area (Å²) in [4.78, 5) is 13.0. The molecule has 0 saturated heterocycles. The summed E-state index contributed by atoms with van der Waals surface area (Å²) in [6, 6.07) is 15.7. The summed E-state index contributed by atoms with van der Waals surface area (Å²) in [5.41, 5.74) is 1.48. The molecule has 2 aromatic rings. The van der Waals surface area contributed by atoms with Gasteiger partial charge < -0.3 is 5.11 Å². The fourth-order valence-electron chi connectivity index (χ4n) is 2.37. The van der Waals surface area contributed by atoms with Crippen molar-refractivity contribution in [1.29, 1.82) is 0 Å². The standard InChI is InChI=1S/C17H18FNO2/c1-19(12-14-9-5-6-10-15(14)18)16(11-17(20)21)13-7-3-2-4-8-13/h2-10,16H,11-12H2,1H3,(H,20,21). The zero-order chi connectivity index (χ0) is 15.2. The molecule has 3 nitrogen and oxygen atoms in total. The Morgan fingerprint density at radius 2 is 1.76 bits per heavy atom. The van der Waals surface area contributed by atoms with E-state index in [1.807, 2.05) is 42.3 Å². The van der Waals surface area contributed by atoms with Gasteiger partial charge in [-0.25, -0.2) is 4.39 Å². The molecule has 0 aliphatic rings. The SMILES string of the molecule is CN(Cc1ccccc1F)C(CC(=O)O)c1ccccc1. The third-order valence-corrected chi connectivity index (χ3v) is 3.46. The largest absolute Gasteiger partial charge is 0.481 e. The zero-order valence-corrected chi connectivity index (χ0v) is 11.9. The predicted octanol–water partition coefficient (Wildman–Crippen LogP) is 3.47. The zero-order valence-electron chi connectivity index (χ0n) is 11.9. The molecule has 21 heavy (non-hydrogen) atoms. The molecule has 0 amide bonds. The van der Waals surface area contributed by atoms with Crippen LogP contribution >= 0.6 is 0 Å². The lowest BCUT2D eigenvalue weighted by atomic mass is 10.0. The third-order valence-electron chi connectivity index (χ3n) is 3.46. The molecule has 1 N–H and O–H groups in total. The molecule has 0 aliphatic heterocycles. The first-order valence-electron chi connectivity index (χ1n) is 6.78. The summed E-state index contributed by atoms with van der Waals surface area (Å²) in [6.45, 7) is 0.361. The minimum atomic E-state index is -0.871. The Hall–Kier alpha value is -2.20. The van der Waals surface area contributed by atoms with E-state index in [1.54, 1.807) is 18.2 Å². The molecule has 0 heterocycles. The van der Waals surface area contributed by atoms with Crippen molar-refractivity contribution in [2.24, 2.45) is 0 Å². The van der Waals surface area contributed by atoms with Gasteiger partial charge in [0.25, 0.3) is 0 Å². The minimum absolute atomic E-state index is 0.0189. The molecule has 0 aromatic heterocycles. The van der Waals surface area contributed by atoms with Crippen LogP contribution in [0.3, 0.4) is 0 Å². The van der Waals surface area contributed by atoms with E-state index in [2.05, 4.69) is 0 Å². The Kier molecular flexibility index (Phi) is 5.06. The molecule has 0 radical (unpaired) electrons. The number of hydrogen-bond donors (Lipinski definition) is 1. The molecule has 0 saturated carbocycles. The molecule has 2 aromatic carbocycles. The summed E-state index contributed by atoms with van der Waals surface area (Å²) < 4.78 is 13.7. The molecule has 0 aliphatic carbocycles. The van der Waals surface area contributed by atoms with Crippen molar-refractivity contribution in [1.82, 2.24) is 4.90 Å². The highest BCUT2D eigenvalue weighted by molar-refractivity contribution is 5.67. The van der Waals surface area contributed by atoms with Gasteiger partial charge in [0.15, 0.2) is 0 Å². The molecule has 0 spiro atoms. The second-order valence-electron chi connectivity index (χ2n) is 5.03. The van der Waals surface area contributed by atoms with Gasteiger partial charge in [0.2, 0.25) is 0 Å². The molecule has 0 fully saturated rings. The van der Waals surface area contributed by atoms with Gasteiger partial charge in [-0.1, -0.05) is 48.5 Å². The van der Waals surface area contributed by atoms with Gasteiger partial charge >= 0.3 is 5.97 Å². The van der Waals surface area contributed by atoms with Crippen LogP contribution < -0.4 is 0 Å². The quantitative estimate of drug-likeness (QED) is 0.884. The number of carboxylic acid groups (broad SMARTS) is 1. The van der Waals surface area contributed by atoms with Gasteiger partial charge in [-0.05, 0) is 18.7 Å². The van der Waals surface area contributed by atoms with Crippen molar-refractivity contribution < 1.29 is 14.3 Å². The van der Waals surface area contributed by atoms with E-state index in [4.69, 9.17) is 5.11 Å². The van der Waals surface area contributed by atoms with E-state index in [9.17, 15) is 9.18 Å². The van der Waals surface area contributed by atoms with Crippen LogP contribution in [0.4, 0.5) is 4.39 Å². The van der Waals surface area contributed by atoms with E-state index in [1.165, 1.54) is 6.07 Å². The van der Waals surface area contributed by atoms with Crippen LogP contribution in [0.15, 0.2) is 54.6 Å². The molecule has 0 bridgehead atoms. The van der Waals surface area contributed by atoms with E-state index in [0.29, 0.717) is 12.1 Å². The highest BCUT2D eigenvalue weighted by Crippen LogP contribution is 2.25. The fraction of sp³-hybridized carbons (Fsp3) is 0.235. The molecule has 2 rings (SSSR count). The first-order chi connectivity index (χ1) is 10.1. The van der Waals surface area contributed by atoms with Gasteiger partial charge in [-0.3, -0.25) is 9.69 Å². The Bertz CT molecular complexity index is 601. The lowest BCUT2D eigenvalue weighted by Crippen LogP contribution is -2.26. The Morgan fingerprint density at radius 1 is 1.14 bits per heavy atom. The topological polar surface area (TPSA) is 40.5 Å². The summed E-state index contributed by atoms with van der Waals surface area (Å²) in [5.74, 6) is -1.14. The molecule has 4 heteroatoms. The van der Waals surface area contributed by atoms with Crippen LogP contribution in [-0.2, 0) is 11.3 Å². The van der Waals surface area contributed by atoms with Crippen LogP contribution in [0.25, 0.3) is 0 Å². The number of halogens is 1. The number of benzene rings is 2. The minimum Gasteiger partial charge on any atom is -0.481 e. The Morgan fingerprint density at radius 3 is 2.38 bits per heavy atom. The van der Waals surface area contributed by atoms with E-state index in [0.717, 1.165) is 5.56 Å². The van der Waals surface area contributed by atoms with Crippen molar-refractivity contribution >= 4 is 5.97 Å². The maximum atomic E-state index is 13.7. The number of carbonyl (C=O) groups is 1. The average molecular weight is 287 g/mol. The van der Waals surface area contributed by atoms with Gasteiger partial charge in [-0.15, -0.1) is 0 Å². The Balaban J connectivity index is 2.20. The molecule has 110 valence electrons. The molecular weight excluding hydrogens is 269 g/mol. The highest BCUT2D eigenvalue weighted by atomic mass is 19.1. The third kappa shape index (κ3) is 4.13. The lowest BCUT2D eigenvalue weighted by molar-refractivity contribution is -0.138. The summed E-state index contributed by atoms with van der Waals surface area (Å²) >= 11 is 0. The monoisotopic (exact) mass is 287 g/mol. The van der Waals surface area contributed by atoms with Crippen molar-refractivity contribution in [3.05, 3.63) is 71.5 Å². The average Bonchev–Trinajstić information content (AvgIpc) is 2.48. The van der Waals surface area contributed by atoms with Crippen molar-refractivity contribution in [3.8, 4) is 0 Å². The number of rotatable bonds is 6. The van der Waals surface area contributed by atoms with Gasteiger partial charge in [0.05, 0.1) is 6.42 Å². The molecule has 1 atom stereocenters. The summed E-state index contributed by atoms with van der Waals surface area (Å²) in [7, 11) is 1.81. The second kappa shape index (κ2) is 6.99. The number of hydrogen-bond acceptors (Lipinski definition) is 2. The van der Waals surface area contributed by atoms with Crippen LogP contribution in [0.5, 0.6) is 0 Å². The van der Waals surface area contributed by atoms with Crippen LogP contribution in [0, 0.1) is 5.82 Å². The van der Waals surface area contributed by atoms with E-state index in [-0.39, 0.29) is 18.3 Å². The fourth-order valence-corrected chi connectivity index (χ4v) is 2.37. The predicted molar refractivity (Wildman–Crippen MR) is 79.3 cm³/mol. The number of aliphatic carboxylic acids is 1. The Labute approximate surface area is 123 Å². The normalized spacial score (nSPS) is 12.3. The van der Waals surface area contributed by atoms with Gasteiger partial charge in [0.1, 0.15) is 5.82 Å². The summed E-state index contributed by atoms with van der Waals surface area (Å²) in [6.07, 6.45) is -0.0189. The first kappa shape index (κ1) is 15.2. The highest BCUT2D eigenvalue weighted by Gasteiger charge is 2.21. The van der Waals surface area contributed by atoms with Gasteiger partial charge in [-0.2, -0.15) is 0 Å². The van der Waals surface area contributed by atoms with Gasteiger partial charge in [0, 0.05) is 18.2 Å². The lowest BCUT2D eigenvalue weighted by Gasteiger charge is -2.27. The van der Waals surface area contributed by atoms with Crippen LogP contribution in [0.1, 0.15) is 23.6 Å². The smallest absolute Gasteiger partial charge is 0.305 e.